The number of benzene rings is 3. The van der Waals surface area contributed by atoms with Crippen LogP contribution in [0.3, 0.4) is 0 Å². The molecule has 0 aliphatic carbocycles. The Kier molecular flexibility index (Phi) is 9.28. The van der Waals surface area contributed by atoms with Crippen molar-refractivity contribution in [3.05, 3.63) is 94.0 Å². The van der Waals surface area contributed by atoms with E-state index in [1.807, 2.05) is 0 Å². The number of carbonyl (C=O) groups excluding carboxylic acids is 2. The van der Waals surface area contributed by atoms with Crippen LogP contribution in [-0.4, -0.2) is 37.8 Å². The van der Waals surface area contributed by atoms with Crippen LogP contribution in [0.1, 0.15) is 18.1 Å². The predicted molar refractivity (Wildman–Crippen MR) is 136 cm³/mol. The van der Waals surface area contributed by atoms with Gasteiger partial charge in [-0.15, -0.1) is 0 Å². The summed E-state index contributed by atoms with van der Waals surface area (Å²) in [6, 6.07) is 19.2. The minimum atomic E-state index is -4.04. The van der Waals surface area contributed by atoms with Gasteiger partial charge in [-0.25, -0.2) is 8.42 Å². The molecule has 1 N–H and O–H groups in total. The van der Waals surface area contributed by atoms with Crippen molar-refractivity contribution >= 4 is 50.8 Å². The van der Waals surface area contributed by atoms with Gasteiger partial charge < -0.3 is 10.1 Å². The number of nitrogens with zero attached hydrogens (tertiary/aromatic N) is 1. The van der Waals surface area contributed by atoms with Crippen LogP contribution in [-0.2, 0) is 37.3 Å². The molecule has 0 bridgehead atoms. The number of halogens is 2. The zero-order chi connectivity index (χ0) is 25.4. The van der Waals surface area contributed by atoms with Crippen LogP contribution in [0.25, 0.3) is 0 Å². The fourth-order valence-corrected chi connectivity index (χ4v) is 4.94. The highest BCUT2D eigenvalue weighted by atomic mass is 35.5. The molecule has 0 aliphatic heterocycles. The second kappa shape index (κ2) is 12.2. The summed E-state index contributed by atoms with van der Waals surface area (Å²) in [6.07, 6.45) is 0.118. The zero-order valence-corrected chi connectivity index (χ0v) is 21.2. The van der Waals surface area contributed by atoms with Gasteiger partial charge in [0, 0.05) is 22.3 Å². The van der Waals surface area contributed by atoms with Crippen LogP contribution in [0.15, 0.2) is 77.7 Å². The van der Waals surface area contributed by atoms with Crippen molar-refractivity contribution in [1.82, 2.24) is 4.31 Å². The summed E-state index contributed by atoms with van der Waals surface area (Å²) >= 11 is 12.2. The van der Waals surface area contributed by atoms with Gasteiger partial charge in [-0.2, -0.15) is 4.31 Å². The molecule has 1 amide bonds. The van der Waals surface area contributed by atoms with Gasteiger partial charge in [0.25, 0.3) is 0 Å². The quantitative estimate of drug-likeness (QED) is 0.372. The minimum Gasteiger partial charge on any atom is -0.466 e. The average Bonchev–Trinajstić information content (AvgIpc) is 2.81. The Morgan fingerprint density at radius 1 is 0.943 bits per heavy atom. The van der Waals surface area contributed by atoms with Gasteiger partial charge in [0.15, 0.2) is 0 Å². The molecule has 0 saturated carbocycles. The molecular formula is C25H24Cl2N2O5S. The Morgan fingerprint density at radius 3 is 2.23 bits per heavy atom. The van der Waals surface area contributed by atoms with Crippen LogP contribution in [0.5, 0.6) is 0 Å². The fraction of sp³-hybridized carbons (Fsp3) is 0.200. The van der Waals surface area contributed by atoms with E-state index in [1.165, 1.54) is 24.3 Å². The second-order valence-corrected chi connectivity index (χ2v) is 10.3. The molecule has 0 saturated heterocycles. The van der Waals surface area contributed by atoms with E-state index in [2.05, 4.69) is 5.32 Å². The van der Waals surface area contributed by atoms with Gasteiger partial charge in [-0.3, -0.25) is 9.59 Å². The molecule has 35 heavy (non-hydrogen) atoms. The number of hydrogen-bond donors (Lipinski definition) is 1. The maximum atomic E-state index is 13.4. The molecule has 184 valence electrons. The molecule has 0 radical (unpaired) electrons. The molecule has 0 spiro atoms. The van der Waals surface area contributed by atoms with Crippen molar-refractivity contribution in [3.8, 4) is 0 Å². The Hall–Kier alpha value is -2.91. The highest BCUT2D eigenvalue weighted by Crippen LogP contribution is 2.24. The maximum Gasteiger partial charge on any atom is 0.310 e. The number of anilines is 1. The summed E-state index contributed by atoms with van der Waals surface area (Å²) in [4.78, 5) is 24.5. The van der Waals surface area contributed by atoms with E-state index in [-0.39, 0.29) is 23.8 Å². The molecule has 3 rings (SSSR count). The molecule has 0 atom stereocenters. The summed E-state index contributed by atoms with van der Waals surface area (Å²) < 4.78 is 32.7. The fourth-order valence-electron chi connectivity index (χ4n) is 3.24. The molecular weight excluding hydrogens is 511 g/mol. The number of carbonyl (C=O) groups is 2. The number of nitrogens with one attached hydrogen (secondary N) is 1. The van der Waals surface area contributed by atoms with Crippen molar-refractivity contribution in [2.24, 2.45) is 0 Å². The molecule has 3 aromatic carbocycles. The number of esters is 1. The number of sulfonamides is 1. The van der Waals surface area contributed by atoms with Crippen molar-refractivity contribution in [2.45, 2.75) is 24.8 Å². The lowest BCUT2D eigenvalue weighted by atomic mass is 10.1. The third-order valence-corrected chi connectivity index (χ3v) is 7.39. The summed E-state index contributed by atoms with van der Waals surface area (Å²) in [5, 5.41) is 3.48. The van der Waals surface area contributed by atoms with Crippen LogP contribution in [0, 0.1) is 0 Å². The predicted octanol–water partition coefficient (Wildman–Crippen LogP) is 4.93. The molecule has 7 nitrogen and oxygen atoms in total. The number of hydrogen-bond acceptors (Lipinski definition) is 5. The summed E-state index contributed by atoms with van der Waals surface area (Å²) in [5.74, 6) is -0.875. The summed E-state index contributed by atoms with van der Waals surface area (Å²) in [5.41, 5.74) is 1.75. The first-order valence-electron chi connectivity index (χ1n) is 10.7. The van der Waals surface area contributed by atoms with E-state index in [0.29, 0.717) is 27.9 Å². The third kappa shape index (κ3) is 7.53. The van der Waals surface area contributed by atoms with Gasteiger partial charge in [0.05, 0.1) is 24.5 Å². The molecule has 0 heterocycles. The molecule has 0 fully saturated rings. The van der Waals surface area contributed by atoms with Gasteiger partial charge in [0.1, 0.15) is 0 Å². The molecule has 0 aromatic heterocycles. The normalized spacial score (nSPS) is 11.3. The Morgan fingerprint density at radius 2 is 1.60 bits per heavy atom. The molecule has 10 heteroatoms. The van der Waals surface area contributed by atoms with Crippen molar-refractivity contribution < 1.29 is 22.7 Å². The minimum absolute atomic E-state index is 0.00470. The topological polar surface area (TPSA) is 92.8 Å². The van der Waals surface area contributed by atoms with Crippen molar-refractivity contribution in [2.75, 3.05) is 18.5 Å². The van der Waals surface area contributed by atoms with E-state index >= 15 is 0 Å². The average molecular weight is 535 g/mol. The lowest BCUT2D eigenvalue weighted by Gasteiger charge is -2.22. The largest absolute Gasteiger partial charge is 0.466 e. The smallest absolute Gasteiger partial charge is 0.310 e. The Labute approximate surface area is 214 Å². The maximum absolute atomic E-state index is 13.4. The van der Waals surface area contributed by atoms with E-state index < -0.39 is 22.5 Å². The van der Waals surface area contributed by atoms with Gasteiger partial charge in [-0.05, 0) is 60.5 Å². The number of amides is 1. The van der Waals surface area contributed by atoms with E-state index in [1.54, 1.807) is 55.5 Å². The SMILES string of the molecule is CCOC(=O)Cc1ccc(NC(=O)CN(Cc2ccccc2Cl)S(=O)(=O)c2ccc(Cl)cc2)cc1. The van der Waals surface area contributed by atoms with Crippen LogP contribution < -0.4 is 5.32 Å². The first kappa shape index (κ1) is 26.7. The monoisotopic (exact) mass is 534 g/mol. The van der Waals surface area contributed by atoms with E-state index in [0.717, 1.165) is 9.87 Å². The standard InChI is InChI=1S/C25H24Cl2N2O5S/c1-2-34-25(31)15-18-7-11-21(12-8-18)28-24(30)17-29(16-19-5-3-4-6-23(19)27)35(32,33)22-13-9-20(26)10-14-22/h3-14H,2,15-17H2,1H3,(H,28,30). The molecule has 0 aliphatic rings. The Bertz CT molecular complexity index is 1280. The number of rotatable bonds is 10. The molecule has 0 unspecified atom stereocenters. The highest BCUT2D eigenvalue weighted by molar-refractivity contribution is 7.89. The summed E-state index contributed by atoms with van der Waals surface area (Å²) in [7, 11) is -4.04. The zero-order valence-electron chi connectivity index (χ0n) is 18.9. The lowest BCUT2D eigenvalue weighted by molar-refractivity contribution is -0.142. The van der Waals surface area contributed by atoms with Crippen molar-refractivity contribution in [1.29, 1.82) is 0 Å². The van der Waals surface area contributed by atoms with Crippen LogP contribution >= 0.6 is 23.2 Å². The lowest BCUT2D eigenvalue weighted by Crippen LogP contribution is -2.37. The van der Waals surface area contributed by atoms with Gasteiger partial charge >= 0.3 is 5.97 Å². The van der Waals surface area contributed by atoms with E-state index in [9.17, 15) is 18.0 Å². The van der Waals surface area contributed by atoms with E-state index in [4.69, 9.17) is 27.9 Å². The number of ether oxygens (including phenoxy) is 1. The first-order valence-corrected chi connectivity index (χ1v) is 12.9. The van der Waals surface area contributed by atoms with Crippen molar-refractivity contribution in [3.63, 3.8) is 0 Å². The van der Waals surface area contributed by atoms with Gasteiger partial charge in [0.2, 0.25) is 15.9 Å². The summed E-state index contributed by atoms with van der Waals surface area (Å²) in [6.45, 7) is 1.49. The van der Waals surface area contributed by atoms with Crippen LogP contribution in [0.2, 0.25) is 10.0 Å². The second-order valence-electron chi connectivity index (χ2n) is 7.55. The molecule has 3 aromatic rings. The Balaban J connectivity index is 1.78. The van der Waals surface area contributed by atoms with Gasteiger partial charge in [-0.1, -0.05) is 53.5 Å². The van der Waals surface area contributed by atoms with Crippen LogP contribution in [0.4, 0.5) is 5.69 Å². The first-order chi connectivity index (χ1) is 16.7. The third-order valence-electron chi connectivity index (χ3n) is 4.97. The highest BCUT2D eigenvalue weighted by Gasteiger charge is 2.27.